The lowest BCUT2D eigenvalue weighted by molar-refractivity contribution is 0.917. The Morgan fingerprint density at radius 1 is 1.45 bits per heavy atom. The standard InChI is InChI=1S/C9H12BrN/c1-2-3-7-4-5-8(11)6-9(7)10/h4-6H,2-3,11H2,1H3. The molecule has 0 unspecified atom stereocenters. The fourth-order valence-electron chi connectivity index (χ4n) is 1.04. The zero-order valence-electron chi connectivity index (χ0n) is 6.60. The second-order valence-electron chi connectivity index (χ2n) is 2.60. The van der Waals surface area contributed by atoms with Crippen molar-refractivity contribution in [2.24, 2.45) is 0 Å². The molecule has 0 saturated carbocycles. The molecule has 0 heterocycles. The first-order chi connectivity index (χ1) is 5.24. The van der Waals surface area contributed by atoms with Gasteiger partial charge in [-0.05, 0) is 24.1 Å². The topological polar surface area (TPSA) is 26.0 Å². The molecule has 0 fully saturated rings. The predicted molar refractivity (Wildman–Crippen MR) is 52.5 cm³/mol. The van der Waals surface area contributed by atoms with E-state index in [2.05, 4.69) is 28.9 Å². The van der Waals surface area contributed by atoms with Crippen LogP contribution < -0.4 is 5.73 Å². The Morgan fingerprint density at radius 2 is 2.18 bits per heavy atom. The van der Waals surface area contributed by atoms with Crippen molar-refractivity contribution in [3.63, 3.8) is 0 Å². The van der Waals surface area contributed by atoms with E-state index in [-0.39, 0.29) is 0 Å². The number of nitrogens with two attached hydrogens (primary N) is 1. The zero-order valence-corrected chi connectivity index (χ0v) is 8.19. The average Bonchev–Trinajstić information content (AvgIpc) is 1.95. The highest BCUT2D eigenvalue weighted by molar-refractivity contribution is 9.10. The summed E-state index contributed by atoms with van der Waals surface area (Å²) >= 11 is 3.47. The van der Waals surface area contributed by atoms with E-state index in [1.807, 2.05) is 12.1 Å². The van der Waals surface area contributed by atoms with Crippen LogP contribution in [0.1, 0.15) is 18.9 Å². The Kier molecular flexibility index (Phi) is 2.94. The van der Waals surface area contributed by atoms with Crippen LogP contribution in [0.3, 0.4) is 0 Å². The first-order valence-corrected chi connectivity index (χ1v) is 4.57. The van der Waals surface area contributed by atoms with Crippen LogP contribution in [0.5, 0.6) is 0 Å². The SMILES string of the molecule is CCCc1ccc(N)cc1Br. The number of hydrogen-bond acceptors (Lipinski definition) is 1. The highest BCUT2D eigenvalue weighted by Gasteiger charge is 1.97. The van der Waals surface area contributed by atoms with Crippen LogP contribution in [-0.4, -0.2) is 0 Å². The van der Waals surface area contributed by atoms with Gasteiger partial charge in [0.15, 0.2) is 0 Å². The number of nitrogen functional groups attached to an aromatic ring is 1. The molecule has 0 aliphatic rings. The molecule has 0 radical (unpaired) electrons. The number of anilines is 1. The first-order valence-electron chi connectivity index (χ1n) is 3.78. The first kappa shape index (κ1) is 8.60. The zero-order chi connectivity index (χ0) is 8.27. The van der Waals surface area contributed by atoms with E-state index in [0.717, 1.165) is 16.6 Å². The van der Waals surface area contributed by atoms with Crippen LogP contribution in [0.4, 0.5) is 5.69 Å². The summed E-state index contributed by atoms with van der Waals surface area (Å²) in [6, 6.07) is 5.96. The average molecular weight is 214 g/mol. The lowest BCUT2D eigenvalue weighted by Crippen LogP contribution is -1.88. The number of rotatable bonds is 2. The van der Waals surface area contributed by atoms with Crippen molar-refractivity contribution in [1.82, 2.24) is 0 Å². The number of benzene rings is 1. The number of hydrogen-bond donors (Lipinski definition) is 1. The van der Waals surface area contributed by atoms with Gasteiger partial charge in [0.05, 0.1) is 0 Å². The van der Waals surface area contributed by atoms with E-state index in [1.165, 1.54) is 12.0 Å². The molecular weight excluding hydrogens is 202 g/mol. The minimum atomic E-state index is 0.816. The fraction of sp³-hybridized carbons (Fsp3) is 0.333. The predicted octanol–water partition coefficient (Wildman–Crippen LogP) is 2.98. The van der Waals surface area contributed by atoms with Gasteiger partial charge in [-0.1, -0.05) is 35.3 Å². The maximum absolute atomic E-state index is 5.59. The molecule has 0 aromatic heterocycles. The van der Waals surface area contributed by atoms with Gasteiger partial charge >= 0.3 is 0 Å². The van der Waals surface area contributed by atoms with Crippen LogP contribution in [0, 0.1) is 0 Å². The van der Waals surface area contributed by atoms with Gasteiger partial charge in [-0.25, -0.2) is 0 Å². The molecular formula is C9H12BrN. The summed E-state index contributed by atoms with van der Waals surface area (Å²) in [6.07, 6.45) is 2.28. The minimum Gasteiger partial charge on any atom is -0.399 e. The van der Waals surface area contributed by atoms with Crippen LogP contribution >= 0.6 is 15.9 Å². The Hall–Kier alpha value is -0.500. The van der Waals surface area contributed by atoms with E-state index >= 15 is 0 Å². The summed E-state index contributed by atoms with van der Waals surface area (Å²) in [6.45, 7) is 2.17. The quantitative estimate of drug-likeness (QED) is 0.752. The van der Waals surface area contributed by atoms with Crippen LogP contribution in [0.15, 0.2) is 22.7 Å². The van der Waals surface area contributed by atoms with E-state index in [1.54, 1.807) is 0 Å². The Balaban J connectivity index is 2.90. The van der Waals surface area contributed by atoms with Crippen molar-refractivity contribution in [2.75, 3.05) is 5.73 Å². The molecule has 2 N–H and O–H groups in total. The van der Waals surface area contributed by atoms with Gasteiger partial charge < -0.3 is 5.73 Å². The van der Waals surface area contributed by atoms with Crippen LogP contribution in [-0.2, 0) is 6.42 Å². The molecule has 1 rings (SSSR count). The van der Waals surface area contributed by atoms with E-state index in [9.17, 15) is 0 Å². The highest BCUT2D eigenvalue weighted by Crippen LogP contribution is 2.20. The molecule has 0 atom stereocenters. The third-order valence-corrected chi connectivity index (χ3v) is 2.33. The van der Waals surface area contributed by atoms with E-state index in [4.69, 9.17) is 5.73 Å². The Bertz CT molecular complexity index is 245. The molecule has 0 amide bonds. The second kappa shape index (κ2) is 3.77. The maximum Gasteiger partial charge on any atom is 0.0325 e. The Morgan fingerprint density at radius 3 is 2.73 bits per heavy atom. The normalized spacial score (nSPS) is 10.0. The van der Waals surface area contributed by atoms with E-state index < -0.39 is 0 Å². The van der Waals surface area contributed by atoms with Gasteiger partial charge in [-0.15, -0.1) is 0 Å². The van der Waals surface area contributed by atoms with Gasteiger partial charge in [0.1, 0.15) is 0 Å². The molecule has 2 heteroatoms. The van der Waals surface area contributed by atoms with Crippen LogP contribution in [0.25, 0.3) is 0 Å². The molecule has 0 spiro atoms. The third kappa shape index (κ3) is 2.22. The van der Waals surface area contributed by atoms with Crippen molar-refractivity contribution < 1.29 is 0 Å². The summed E-state index contributed by atoms with van der Waals surface area (Å²) in [5.41, 5.74) is 7.74. The monoisotopic (exact) mass is 213 g/mol. The lowest BCUT2D eigenvalue weighted by atomic mass is 10.1. The van der Waals surface area contributed by atoms with Gasteiger partial charge in [-0.2, -0.15) is 0 Å². The van der Waals surface area contributed by atoms with Gasteiger partial charge in [0.25, 0.3) is 0 Å². The molecule has 11 heavy (non-hydrogen) atoms. The van der Waals surface area contributed by atoms with Gasteiger partial charge in [0.2, 0.25) is 0 Å². The summed E-state index contributed by atoms with van der Waals surface area (Å²) in [7, 11) is 0. The molecule has 0 aliphatic carbocycles. The molecule has 1 aromatic carbocycles. The smallest absolute Gasteiger partial charge is 0.0325 e. The second-order valence-corrected chi connectivity index (χ2v) is 3.46. The van der Waals surface area contributed by atoms with E-state index in [0.29, 0.717) is 0 Å². The molecule has 1 nitrogen and oxygen atoms in total. The molecule has 0 saturated heterocycles. The summed E-state index contributed by atoms with van der Waals surface area (Å²) < 4.78 is 1.12. The molecule has 0 aliphatic heterocycles. The largest absolute Gasteiger partial charge is 0.399 e. The lowest BCUT2D eigenvalue weighted by Gasteiger charge is -2.02. The van der Waals surface area contributed by atoms with Crippen LogP contribution in [0.2, 0.25) is 0 Å². The third-order valence-electron chi connectivity index (χ3n) is 1.60. The van der Waals surface area contributed by atoms with Crippen molar-refractivity contribution in [1.29, 1.82) is 0 Å². The van der Waals surface area contributed by atoms with Crippen molar-refractivity contribution >= 4 is 21.6 Å². The van der Waals surface area contributed by atoms with Crippen molar-refractivity contribution in [3.05, 3.63) is 28.2 Å². The minimum absolute atomic E-state index is 0.816. The molecule has 0 bridgehead atoms. The number of aryl methyl sites for hydroxylation is 1. The van der Waals surface area contributed by atoms with Gasteiger partial charge in [-0.3, -0.25) is 0 Å². The maximum atomic E-state index is 5.59. The number of halogens is 1. The summed E-state index contributed by atoms with van der Waals surface area (Å²) in [5.74, 6) is 0. The van der Waals surface area contributed by atoms with Crippen molar-refractivity contribution in [3.8, 4) is 0 Å². The Labute approximate surface area is 75.7 Å². The molecule has 60 valence electrons. The molecule has 1 aromatic rings. The summed E-state index contributed by atoms with van der Waals surface area (Å²) in [4.78, 5) is 0. The fourth-order valence-corrected chi connectivity index (χ4v) is 1.63. The van der Waals surface area contributed by atoms with Gasteiger partial charge in [0, 0.05) is 10.2 Å². The highest BCUT2D eigenvalue weighted by atomic mass is 79.9. The summed E-state index contributed by atoms with van der Waals surface area (Å²) in [5, 5.41) is 0. The van der Waals surface area contributed by atoms with Crippen molar-refractivity contribution in [2.45, 2.75) is 19.8 Å².